The average molecular weight is 431 g/mol. The third-order valence-corrected chi connectivity index (χ3v) is 5.63. The van der Waals surface area contributed by atoms with E-state index < -0.39 is 11.8 Å². The van der Waals surface area contributed by atoms with Gasteiger partial charge in [0.05, 0.1) is 29.8 Å². The van der Waals surface area contributed by atoms with Crippen molar-refractivity contribution < 1.29 is 23.5 Å². The fourth-order valence-corrected chi connectivity index (χ4v) is 3.83. The maximum absolute atomic E-state index is 13.7. The lowest BCUT2D eigenvalue weighted by Crippen LogP contribution is -2.19. The number of carbonyl (C=O) groups is 2. The molecule has 0 saturated carbocycles. The van der Waals surface area contributed by atoms with Crippen molar-refractivity contribution in [3.05, 3.63) is 59.4 Å². The highest BCUT2D eigenvalue weighted by Crippen LogP contribution is 2.28. The van der Waals surface area contributed by atoms with Gasteiger partial charge in [-0.1, -0.05) is 30.8 Å². The van der Waals surface area contributed by atoms with Crippen LogP contribution < -0.4 is 0 Å². The molecule has 1 unspecified atom stereocenters. The van der Waals surface area contributed by atoms with E-state index in [1.54, 1.807) is 28.8 Å². The van der Waals surface area contributed by atoms with Crippen LogP contribution in [0.15, 0.2) is 47.6 Å². The molecule has 1 aromatic heterocycles. The van der Waals surface area contributed by atoms with E-state index in [2.05, 4.69) is 4.98 Å². The molecular formula is C22H23FN2O4S. The van der Waals surface area contributed by atoms with Crippen LogP contribution in [0.4, 0.5) is 4.39 Å². The quantitative estimate of drug-likeness (QED) is 0.384. The zero-order valence-electron chi connectivity index (χ0n) is 17.1. The average Bonchev–Trinajstić information content (AvgIpc) is 3.07. The topological polar surface area (TPSA) is 70.4 Å². The normalized spacial score (nSPS) is 12.0. The van der Waals surface area contributed by atoms with Gasteiger partial charge in [-0.3, -0.25) is 4.79 Å². The summed E-state index contributed by atoms with van der Waals surface area (Å²) in [6.07, 6.45) is 0.543. The van der Waals surface area contributed by atoms with Gasteiger partial charge in [-0.2, -0.15) is 0 Å². The van der Waals surface area contributed by atoms with E-state index in [-0.39, 0.29) is 18.6 Å². The summed E-state index contributed by atoms with van der Waals surface area (Å²) in [5, 5.41) is 0.570. The Morgan fingerprint density at radius 2 is 2.03 bits per heavy atom. The van der Waals surface area contributed by atoms with E-state index in [0.717, 1.165) is 12.0 Å². The number of aromatic nitrogens is 2. The standard InChI is InChI=1S/C22H23FN2O4S/c1-4-14(2)29-20(26)12-25-19-9-8-17(23)11-18(19)24-22(25)30-13-15-6-5-7-16(10-15)21(27)28-3/h5-11,14H,4,12-13H2,1-3H3. The summed E-state index contributed by atoms with van der Waals surface area (Å²) in [6.45, 7) is 3.76. The molecule has 0 amide bonds. The Morgan fingerprint density at radius 1 is 1.23 bits per heavy atom. The highest BCUT2D eigenvalue weighted by atomic mass is 32.2. The molecular weight excluding hydrogens is 407 g/mol. The molecule has 0 aliphatic carbocycles. The molecule has 8 heteroatoms. The van der Waals surface area contributed by atoms with Gasteiger partial charge in [-0.15, -0.1) is 0 Å². The van der Waals surface area contributed by atoms with Crippen LogP contribution in [0.5, 0.6) is 0 Å². The first-order chi connectivity index (χ1) is 14.4. The van der Waals surface area contributed by atoms with Crippen molar-refractivity contribution in [2.24, 2.45) is 0 Å². The van der Waals surface area contributed by atoms with E-state index in [0.29, 0.717) is 27.5 Å². The molecule has 0 spiro atoms. The third kappa shape index (κ3) is 5.18. The lowest BCUT2D eigenvalue weighted by Gasteiger charge is -2.13. The maximum atomic E-state index is 13.7. The second-order valence-corrected chi connectivity index (χ2v) is 7.75. The van der Waals surface area contributed by atoms with Gasteiger partial charge in [0.15, 0.2) is 5.16 Å². The number of fused-ring (bicyclic) bond motifs is 1. The van der Waals surface area contributed by atoms with E-state index >= 15 is 0 Å². The van der Waals surface area contributed by atoms with Crippen molar-refractivity contribution >= 4 is 34.7 Å². The van der Waals surface area contributed by atoms with Gasteiger partial charge in [-0.25, -0.2) is 14.2 Å². The Labute approximate surface area is 178 Å². The van der Waals surface area contributed by atoms with E-state index in [4.69, 9.17) is 9.47 Å². The first-order valence-electron chi connectivity index (χ1n) is 9.56. The van der Waals surface area contributed by atoms with Crippen LogP contribution in [0.25, 0.3) is 11.0 Å². The Balaban J connectivity index is 1.85. The summed E-state index contributed by atoms with van der Waals surface area (Å²) < 4.78 is 25.6. The van der Waals surface area contributed by atoms with E-state index in [1.165, 1.54) is 31.0 Å². The number of thioether (sulfide) groups is 1. The molecule has 0 radical (unpaired) electrons. The highest BCUT2D eigenvalue weighted by molar-refractivity contribution is 7.98. The number of imidazole rings is 1. The fraction of sp³-hybridized carbons (Fsp3) is 0.318. The minimum absolute atomic E-state index is 0.0169. The van der Waals surface area contributed by atoms with Crippen molar-refractivity contribution in [1.29, 1.82) is 0 Å². The zero-order chi connectivity index (χ0) is 21.7. The van der Waals surface area contributed by atoms with Crippen molar-refractivity contribution in [3.63, 3.8) is 0 Å². The van der Waals surface area contributed by atoms with Crippen LogP contribution in [-0.4, -0.2) is 34.7 Å². The van der Waals surface area contributed by atoms with Gasteiger partial charge in [0, 0.05) is 11.8 Å². The van der Waals surface area contributed by atoms with Crippen LogP contribution in [0.3, 0.4) is 0 Å². The minimum atomic E-state index is -0.405. The number of ether oxygens (including phenoxy) is 2. The molecule has 2 aromatic carbocycles. The van der Waals surface area contributed by atoms with Crippen molar-refractivity contribution in [1.82, 2.24) is 9.55 Å². The Bertz CT molecular complexity index is 1070. The van der Waals surface area contributed by atoms with Crippen LogP contribution in [0.1, 0.15) is 36.2 Å². The highest BCUT2D eigenvalue weighted by Gasteiger charge is 2.17. The summed E-state index contributed by atoms with van der Waals surface area (Å²) in [5.41, 5.74) is 2.48. The van der Waals surface area contributed by atoms with Crippen molar-refractivity contribution in [2.45, 2.75) is 43.8 Å². The Hall–Kier alpha value is -2.87. The summed E-state index contributed by atoms with van der Waals surface area (Å²) in [4.78, 5) is 28.6. The number of esters is 2. The van der Waals surface area contributed by atoms with Gasteiger partial charge < -0.3 is 14.0 Å². The number of carbonyl (C=O) groups excluding carboxylic acids is 2. The van der Waals surface area contributed by atoms with Crippen LogP contribution in [0.2, 0.25) is 0 Å². The number of halogens is 1. The Morgan fingerprint density at radius 3 is 2.77 bits per heavy atom. The van der Waals surface area contributed by atoms with Gasteiger partial charge >= 0.3 is 11.9 Å². The molecule has 6 nitrogen and oxygen atoms in total. The molecule has 1 atom stereocenters. The maximum Gasteiger partial charge on any atom is 0.337 e. The first kappa shape index (κ1) is 21.8. The third-order valence-electron chi connectivity index (χ3n) is 4.59. The molecule has 0 fully saturated rings. The molecule has 1 heterocycles. The van der Waals surface area contributed by atoms with E-state index in [1.807, 2.05) is 19.9 Å². The smallest absolute Gasteiger partial charge is 0.337 e. The largest absolute Gasteiger partial charge is 0.465 e. The number of methoxy groups -OCH3 is 1. The molecule has 0 bridgehead atoms. The van der Waals surface area contributed by atoms with E-state index in [9.17, 15) is 14.0 Å². The fourth-order valence-electron chi connectivity index (χ4n) is 2.87. The lowest BCUT2D eigenvalue weighted by molar-refractivity contribution is -0.149. The molecule has 0 aliphatic rings. The summed E-state index contributed by atoms with van der Waals surface area (Å²) in [7, 11) is 1.34. The number of hydrogen-bond acceptors (Lipinski definition) is 6. The second-order valence-electron chi connectivity index (χ2n) is 6.80. The molecule has 30 heavy (non-hydrogen) atoms. The van der Waals surface area contributed by atoms with Gasteiger partial charge in [0.1, 0.15) is 12.4 Å². The number of nitrogens with zero attached hydrogens (tertiary/aromatic N) is 2. The van der Waals surface area contributed by atoms with Crippen LogP contribution in [0, 0.1) is 5.82 Å². The number of benzene rings is 2. The molecule has 0 saturated heterocycles. The number of hydrogen-bond donors (Lipinski definition) is 0. The summed E-state index contributed by atoms with van der Waals surface area (Å²) >= 11 is 1.40. The van der Waals surface area contributed by atoms with Gasteiger partial charge in [0.25, 0.3) is 0 Å². The molecule has 158 valence electrons. The minimum Gasteiger partial charge on any atom is -0.465 e. The van der Waals surface area contributed by atoms with Gasteiger partial charge in [0.2, 0.25) is 0 Å². The van der Waals surface area contributed by atoms with Gasteiger partial charge in [-0.05, 0) is 43.2 Å². The number of rotatable bonds is 8. The van der Waals surface area contributed by atoms with Crippen molar-refractivity contribution in [3.8, 4) is 0 Å². The molecule has 0 aliphatic heterocycles. The van der Waals surface area contributed by atoms with Crippen molar-refractivity contribution in [2.75, 3.05) is 7.11 Å². The van der Waals surface area contributed by atoms with Crippen LogP contribution >= 0.6 is 11.8 Å². The lowest BCUT2D eigenvalue weighted by atomic mass is 10.1. The SMILES string of the molecule is CCC(C)OC(=O)Cn1c(SCc2cccc(C(=O)OC)c2)nc2cc(F)ccc21. The zero-order valence-corrected chi connectivity index (χ0v) is 17.9. The van der Waals surface area contributed by atoms with Crippen LogP contribution in [-0.2, 0) is 26.6 Å². The monoisotopic (exact) mass is 430 g/mol. The predicted molar refractivity (Wildman–Crippen MR) is 113 cm³/mol. The first-order valence-corrected chi connectivity index (χ1v) is 10.5. The summed E-state index contributed by atoms with van der Waals surface area (Å²) in [6, 6.07) is 11.4. The second kappa shape index (κ2) is 9.75. The predicted octanol–water partition coefficient (Wildman–Crippen LogP) is 4.60. The molecule has 3 rings (SSSR count). The molecule has 0 N–H and O–H groups in total. The Kier molecular flexibility index (Phi) is 7.10. The summed E-state index contributed by atoms with van der Waals surface area (Å²) in [5.74, 6) is -0.659. The molecule has 3 aromatic rings.